The van der Waals surface area contributed by atoms with E-state index in [9.17, 15) is 61.0 Å². The van der Waals surface area contributed by atoms with Gasteiger partial charge in [-0.05, 0) is 89.9 Å². The molecule has 3 aliphatic heterocycles. The molecule has 3 fully saturated rings. The van der Waals surface area contributed by atoms with Gasteiger partial charge in [-0.25, -0.2) is 0 Å². The molecule has 0 radical (unpaired) electrons. The highest BCUT2D eigenvalue weighted by molar-refractivity contribution is 5.76. The number of carbonyl (C=O) groups excluding carboxylic acids is 1. The van der Waals surface area contributed by atoms with Crippen LogP contribution in [-0.4, -0.2) is 193 Å². The first-order valence-electron chi connectivity index (χ1n) is 44.1. The molecule has 0 aromatic carbocycles. The van der Waals surface area contributed by atoms with Gasteiger partial charge in [-0.1, -0.05) is 342 Å². The molecule has 0 aliphatic carbocycles. The van der Waals surface area contributed by atoms with E-state index in [1.165, 1.54) is 212 Å². The van der Waals surface area contributed by atoms with Crippen molar-refractivity contribution in [2.75, 3.05) is 26.4 Å². The van der Waals surface area contributed by atoms with Crippen LogP contribution in [0.4, 0.5) is 0 Å². The van der Waals surface area contributed by atoms with Gasteiger partial charge in [0.1, 0.15) is 73.2 Å². The Balaban J connectivity index is 1.33. The average molecular weight is 1560 g/mol. The maximum Gasteiger partial charge on any atom is 0.220 e. The Morgan fingerprint density at radius 3 is 1.02 bits per heavy atom. The molecule has 0 bridgehead atoms. The molecule has 0 aromatic rings. The number of amides is 1. The monoisotopic (exact) mass is 1550 g/mol. The number of hydrogen-bond acceptors (Lipinski definition) is 18. The second-order valence-electron chi connectivity index (χ2n) is 31.0. The zero-order valence-corrected chi connectivity index (χ0v) is 68.5. The van der Waals surface area contributed by atoms with Gasteiger partial charge < -0.3 is 89.9 Å². The lowest BCUT2D eigenvalue weighted by molar-refractivity contribution is -0.379. The lowest BCUT2D eigenvalue weighted by Crippen LogP contribution is -2.66. The van der Waals surface area contributed by atoms with Crippen molar-refractivity contribution in [3.05, 3.63) is 109 Å². The zero-order valence-electron chi connectivity index (χ0n) is 68.5. The number of carbonyl (C=O) groups is 1. The minimum absolute atomic E-state index is 0.232. The third-order valence-electron chi connectivity index (χ3n) is 21.3. The van der Waals surface area contributed by atoms with Crippen molar-refractivity contribution < 1.29 is 89.4 Å². The van der Waals surface area contributed by atoms with Gasteiger partial charge in [0, 0.05) is 6.42 Å². The summed E-state index contributed by atoms with van der Waals surface area (Å²) in [6, 6.07) is -0.997. The highest BCUT2D eigenvalue weighted by atomic mass is 16.8. The average Bonchev–Trinajstić information content (AvgIpc) is 0.780. The molecular formula is C91H159NO18. The molecule has 3 aliphatic rings. The van der Waals surface area contributed by atoms with E-state index in [-0.39, 0.29) is 18.9 Å². The third kappa shape index (κ3) is 48.1. The second kappa shape index (κ2) is 69.7. The van der Waals surface area contributed by atoms with Crippen LogP contribution in [0.2, 0.25) is 0 Å². The molecule has 17 atom stereocenters. The fourth-order valence-corrected chi connectivity index (χ4v) is 14.3. The molecule has 17 unspecified atom stereocenters. The number of aliphatic hydroxyl groups excluding tert-OH is 11. The fraction of sp³-hybridized carbons (Fsp3) is 0.791. The maximum atomic E-state index is 13.5. The molecule has 0 saturated carbocycles. The molecule has 12 N–H and O–H groups in total. The summed E-state index contributed by atoms with van der Waals surface area (Å²) in [6.07, 6.45) is 70.9. The molecule has 3 saturated heterocycles. The Bertz CT molecular complexity index is 2410. The van der Waals surface area contributed by atoms with Crippen molar-refractivity contribution in [3.8, 4) is 0 Å². The first kappa shape index (κ1) is 101. The van der Waals surface area contributed by atoms with E-state index in [2.05, 4.69) is 116 Å². The van der Waals surface area contributed by atoms with Gasteiger partial charge in [0.05, 0.1) is 38.6 Å². The summed E-state index contributed by atoms with van der Waals surface area (Å²) < 4.78 is 34.5. The van der Waals surface area contributed by atoms with Gasteiger partial charge in [0.2, 0.25) is 5.91 Å². The molecule has 19 heteroatoms. The molecule has 0 spiro atoms. The molecule has 110 heavy (non-hydrogen) atoms. The van der Waals surface area contributed by atoms with Crippen LogP contribution in [0.1, 0.15) is 328 Å². The number of hydrogen-bond donors (Lipinski definition) is 12. The highest BCUT2D eigenvalue weighted by Gasteiger charge is 2.54. The fourth-order valence-electron chi connectivity index (χ4n) is 14.3. The highest BCUT2D eigenvalue weighted by Crippen LogP contribution is 2.33. The number of rotatable bonds is 70. The number of allylic oxidation sites excluding steroid dienone is 17. The van der Waals surface area contributed by atoms with E-state index in [1.54, 1.807) is 6.08 Å². The molecule has 3 rings (SSSR count). The van der Waals surface area contributed by atoms with Crippen LogP contribution >= 0.6 is 0 Å². The third-order valence-corrected chi connectivity index (χ3v) is 21.3. The van der Waals surface area contributed by atoms with Gasteiger partial charge in [-0.3, -0.25) is 4.79 Å². The van der Waals surface area contributed by atoms with E-state index < -0.39 is 124 Å². The Labute approximate surface area is 665 Å². The van der Waals surface area contributed by atoms with Crippen molar-refractivity contribution in [3.63, 3.8) is 0 Å². The number of nitrogens with one attached hydrogen (secondary N) is 1. The normalized spacial score (nSPS) is 25.7. The number of unbranched alkanes of at least 4 members (excludes halogenated alkanes) is 38. The van der Waals surface area contributed by atoms with Gasteiger partial charge in [-0.2, -0.15) is 0 Å². The molecular weight excluding hydrogens is 1390 g/mol. The van der Waals surface area contributed by atoms with Crippen molar-refractivity contribution in [1.29, 1.82) is 0 Å². The summed E-state index contributed by atoms with van der Waals surface area (Å²) in [7, 11) is 0. The number of ether oxygens (including phenoxy) is 6. The van der Waals surface area contributed by atoms with Crippen LogP contribution < -0.4 is 5.32 Å². The lowest BCUT2D eigenvalue weighted by atomic mass is 9.96. The van der Waals surface area contributed by atoms with Gasteiger partial charge >= 0.3 is 0 Å². The summed E-state index contributed by atoms with van der Waals surface area (Å²) in [5.74, 6) is -0.284. The van der Waals surface area contributed by atoms with Crippen molar-refractivity contribution in [2.24, 2.45) is 0 Å². The van der Waals surface area contributed by atoms with Gasteiger partial charge in [0.15, 0.2) is 18.9 Å². The number of aliphatic hydroxyl groups is 11. The SMILES string of the molecule is CC/C=C\C/C=C\C/C=C\C/C=C\C/C=C\C/C=C\C/C=C\CCCCCCCCCCCCCCCCCCCC(=O)NC(COC1OC(CO)C(OC2OC(CO)C(OC3OC(CO)C(O)C(O)C3O)C(O)C2O)C(O)C1O)C(O)/C=C/CC/C=C/CCCCCCCCCCCCCCCCCCCCCC. The first-order valence-corrected chi connectivity index (χ1v) is 44.1. The predicted octanol–water partition coefficient (Wildman–Crippen LogP) is 16.5. The predicted molar refractivity (Wildman–Crippen MR) is 443 cm³/mol. The van der Waals surface area contributed by atoms with E-state index in [1.807, 2.05) is 6.08 Å². The van der Waals surface area contributed by atoms with E-state index in [0.29, 0.717) is 12.8 Å². The topological polar surface area (TPSA) is 307 Å². The van der Waals surface area contributed by atoms with Gasteiger partial charge in [-0.15, -0.1) is 0 Å². The smallest absolute Gasteiger partial charge is 0.220 e. The Morgan fingerprint density at radius 2 is 0.636 bits per heavy atom. The maximum absolute atomic E-state index is 13.5. The van der Waals surface area contributed by atoms with Crippen LogP contribution in [0.25, 0.3) is 0 Å². The van der Waals surface area contributed by atoms with Crippen LogP contribution in [-0.2, 0) is 33.2 Å². The zero-order chi connectivity index (χ0) is 79.5. The molecule has 636 valence electrons. The largest absolute Gasteiger partial charge is 0.394 e. The molecule has 19 nitrogen and oxygen atoms in total. The van der Waals surface area contributed by atoms with Crippen LogP contribution in [0.5, 0.6) is 0 Å². The molecule has 0 aromatic heterocycles. The lowest BCUT2D eigenvalue weighted by Gasteiger charge is -2.48. The summed E-state index contributed by atoms with van der Waals surface area (Å²) in [4.78, 5) is 13.5. The van der Waals surface area contributed by atoms with Crippen LogP contribution in [0.3, 0.4) is 0 Å². The van der Waals surface area contributed by atoms with Crippen molar-refractivity contribution >= 4 is 5.91 Å². The van der Waals surface area contributed by atoms with E-state index >= 15 is 0 Å². The second-order valence-corrected chi connectivity index (χ2v) is 31.0. The Kier molecular flexibility index (Phi) is 63.8. The summed E-state index contributed by atoms with van der Waals surface area (Å²) >= 11 is 0. The summed E-state index contributed by atoms with van der Waals surface area (Å²) in [5.41, 5.74) is 0. The van der Waals surface area contributed by atoms with Crippen molar-refractivity contribution in [2.45, 2.75) is 433 Å². The minimum atomic E-state index is -1.99. The Hall–Kier alpha value is -3.55. The Morgan fingerprint density at radius 1 is 0.336 bits per heavy atom. The van der Waals surface area contributed by atoms with Crippen molar-refractivity contribution in [1.82, 2.24) is 5.32 Å². The quantitative estimate of drug-likeness (QED) is 0.0199. The standard InChI is InChI=1S/C91H159NO18/c1-3-5-7-9-11-13-15-17-19-21-23-25-27-29-31-32-33-34-35-36-37-38-39-40-41-42-43-45-47-49-51-53-55-57-59-61-63-65-67-69-79(97)92-74(75(96)68-66-64-62-60-58-56-54-52-50-48-46-44-30-28-26-24-22-20-18-16-14-12-10-8-6-4-2)73-105-89-85(103)82(100)87(77(71-94)107-89)110-91-86(104)83(101)88(78(72-95)108-91)109-90-84(102)81(99)80(98)76(70-93)106-90/h5,7,11,13,17,19,23,25,29,31,33-34,36-37,58,60,66,68,74-78,80-91,93-96,98-104H,3-4,6,8-10,12,14-16,18,20-22,24,26-28,30,32,35,38-57,59,61-65,67,69-73H2,1-2H3,(H,92,97)/b7-5-,13-11-,19-17-,25-23-,31-29-,34-33-,37-36-,60-58+,68-66+. The van der Waals surface area contributed by atoms with Crippen LogP contribution in [0, 0.1) is 0 Å². The minimum Gasteiger partial charge on any atom is -0.394 e. The summed E-state index contributed by atoms with van der Waals surface area (Å²) in [6.45, 7) is 1.64. The molecule has 1 amide bonds. The van der Waals surface area contributed by atoms with E-state index in [0.717, 1.165) is 83.5 Å². The summed E-state index contributed by atoms with van der Waals surface area (Å²) in [5, 5.41) is 121. The first-order chi connectivity index (χ1) is 53.8. The van der Waals surface area contributed by atoms with Gasteiger partial charge in [0.25, 0.3) is 0 Å². The van der Waals surface area contributed by atoms with E-state index in [4.69, 9.17) is 28.4 Å². The van der Waals surface area contributed by atoms with Crippen LogP contribution in [0.15, 0.2) is 109 Å². The molecule has 3 heterocycles.